The van der Waals surface area contributed by atoms with Gasteiger partial charge in [-0.3, -0.25) is 4.90 Å². The van der Waals surface area contributed by atoms with Crippen molar-refractivity contribution in [1.29, 1.82) is 0 Å². The molecule has 1 N–H and O–H groups in total. The van der Waals surface area contributed by atoms with E-state index in [0.29, 0.717) is 6.04 Å². The summed E-state index contributed by atoms with van der Waals surface area (Å²) in [7, 11) is 0. The Morgan fingerprint density at radius 2 is 1.92 bits per heavy atom. The van der Waals surface area contributed by atoms with Gasteiger partial charge in [-0.2, -0.15) is 0 Å². The minimum absolute atomic E-state index is 0.232. The van der Waals surface area contributed by atoms with Gasteiger partial charge in [0.25, 0.3) is 0 Å². The maximum atomic E-state index is 9.52. The number of aromatic nitrogens is 2. The first-order chi connectivity index (χ1) is 12.7. The number of benzene rings is 1. The van der Waals surface area contributed by atoms with Crippen LogP contribution in [0.15, 0.2) is 36.7 Å². The van der Waals surface area contributed by atoms with Crippen LogP contribution in [-0.2, 0) is 6.42 Å². The smallest absolute Gasteiger partial charge is 0.135 e. The lowest BCUT2D eigenvalue weighted by Gasteiger charge is -2.42. The standard InChI is InChI=1S/C21H30N4O/c1-17-18(2)22-16-23-21(17)25-13-12-24(20(15-25)10-14-26)11-6-9-19-7-4-3-5-8-19/h3-5,7-8,16,20,26H,6,9-15H2,1-2H3/t20-/m0/s1. The van der Waals surface area contributed by atoms with Gasteiger partial charge in [-0.25, -0.2) is 9.97 Å². The van der Waals surface area contributed by atoms with Gasteiger partial charge in [0, 0.05) is 43.5 Å². The van der Waals surface area contributed by atoms with E-state index < -0.39 is 0 Å². The molecule has 1 atom stereocenters. The molecule has 5 heteroatoms. The zero-order valence-corrected chi connectivity index (χ0v) is 15.9. The molecular weight excluding hydrogens is 324 g/mol. The van der Waals surface area contributed by atoms with Gasteiger partial charge in [-0.15, -0.1) is 0 Å². The molecule has 1 aliphatic rings. The lowest BCUT2D eigenvalue weighted by Crippen LogP contribution is -2.54. The lowest BCUT2D eigenvalue weighted by atomic mass is 10.1. The number of hydrogen-bond donors (Lipinski definition) is 1. The third kappa shape index (κ3) is 4.59. The Bertz CT molecular complexity index is 692. The molecule has 1 aromatic carbocycles. The minimum atomic E-state index is 0.232. The molecule has 3 rings (SSSR count). The summed E-state index contributed by atoms with van der Waals surface area (Å²) in [6.45, 7) is 8.35. The van der Waals surface area contributed by atoms with Crippen molar-refractivity contribution in [2.45, 2.75) is 39.2 Å². The molecule has 0 amide bonds. The molecule has 2 aromatic rings. The molecule has 0 unspecified atom stereocenters. The van der Waals surface area contributed by atoms with Gasteiger partial charge < -0.3 is 10.0 Å². The van der Waals surface area contributed by atoms with Crippen molar-refractivity contribution in [3.05, 3.63) is 53.5 Å². The first-order valence-electron chi connectivity index (χ1n) is 9.61. The van der Waals surface area contributed by atoms with Crippen LogP contribution in [-0.4, -0.2) is 58.8 Å². The molecule has 5 nitrogen and oxygen atoms in total. The molecule has 1 saturated heterocycles. The van der Waals surface area contributed by atoms with E-state index in [-0.39, 0.29) is 6.61 Å². The Morgan fingerprint density at radius 3 is 2.69 bits per heavy atom. The van der Waals surface area contributed by atoms with Gasteiger partial charge in [0.15, 0.2) is 0 Å². The maximum Gasteiger partial charge on any atom is 0.135 e. The van der Waals surface area contributed by atoms with Crippen LogP contribution in [0.2, 0.25) is 0 Å². The highest BCUT2D eigenvalue weighted by molar-refractivity contribution is 5.48. The Morgan fingerprint density at radius 1 is 1.12 bits per heavy atom. The second-order valence-electron chi connectivity index (χ2n) is 7.14. The monoisotopic (exact) mass is 354 g/mol. The summed E-state index contributed by atoms with van der Waals surface area (Å²) in [5, 5.41) is 9.52. The van der Waals surface area contributed by atoms with Gasteiger partial charge in [-0.05, 0) is 45.2 Å². The predicted molar refractivity (Wildman–Crippen MR) is 106 cm³/mol. The fourth-order valence-electron chi connectivity index (χ4n) is 3.78. The van der Waals surface area contributed by atoms with Crippen molar-refractivity contribution in [1.82, 2.24) is 14.9 Å². The first kappa shape index (κ1) is 18.8. The summed E-state index contributed by atoms with van der Waals surface area (Å²) >= 11 is 0. The van der Waals surface area contributed by atoms with Gasteiger partial charge in [0.2, 0.25) is 0 Å². The van der Waals surface area contributed by atoms with Crippen LogP contribution in [0, 0.1) is 13.8 Å². The number of rotatable bonds is 7. The van der Waals surface area contributed by atoms with Crippen LogP contribution in [0.3, 0.4) is 0 Å². The molecular formula is C21H30N4O. The van der Waals surface area contributed by atoms with E-state index >= 15 is 0 Å². The zero-order valence-electron chi connectivity index (χ0n) is 15.9. The van der Waals surface area contributed by atoms with Gasteiger partial charge >= 0.3 is 0 Å². The van der Waals surface area contributed by atoms with Crippen LogP contribution in [0.25, 0.3) is 0 Å². The average Bonchev–Trinajstić information content (AvgIpc) is 2.66. The fourth-order valence-corrected chi connectivity index (χ4v) is 3.78. The second kappa shape index (κ2) is 9.10. The quantitative estimate of drug-likeness (QED) is 0.828. The number of aryl methyl sites for hydroxylation is 2. The first-order valence-corrected chi connectivity index (χ1v) is 9.61. The zero-order chi connectivity index (χ0) is 18.4. The molecule has 0 bridgehead atoms. The van der Waals surface area contributed by atoms with Crippen molar-refractivity contribution in [3.8, 4) is 0 Å². The van der Waals surface area contributed by atoms with Crippen LogP contribution in [0.5, 0.6) is 0 Å². The normalized spacial score (nSPS) is 18.3. The third-order valence-electron chi connectivity index (χ3n) is 5.43. The molecule has 1 fully saturated rings. The van der Waals surface area contributed by atoms with Crippen LogP contribution in [0.4, 0.5) is 5.82 Å². The predicted octanol–water partition coefficient (Wildman–Crippen LogP) is 2.60. The molecule has 140 valence electrons. The van der Waals surface area contributed by atoms with Crippen LogP contribution in [0.1, 0.15) is 29.7 Å². The van der Waals surface area contributed by atoms with Crippen molar-refractivity contribution in [2.75, 3.05) is 37.7 Å². The number of aliphatic hydroxyl groups is 1. The van der Waals surface area contributed by atoms with E-state index in [2.05, 4.69) is 57.0 Å². The van der Waals surface area contributed by atoms with Crippen LogP contribution >= 0.6 is 0 Å². The second-order valence-corrected chi connectivity index (χ2v) is 7.14. The molecule has 1 aromatic heterocycles. The number of anilines is 1. The number of hydrogen-bond acceptors (Lipinski definition) is 5. The summed E-state index contributed by atoms with van der Waals surface area (Å²) in [6, 6.07) is 11.0. The maximum absolute atomic E-state index is 9.52. The van der Waals surface area contributed by atoms with Crippen molar-refractivity contribution in [2.24, 2.45) is 0 Å². The lowest BCUT2D eigenvalue weighted by molar-refractivity contribution is 0.140. The SMILES string of the molecule is Cc1ncnc(N2CCN(CCCc3ccccc3)[C@@H](CCO)C2)c1C. The summed E-state index contributed by atoms with van der Waals surface area (Å²) in [4.78, 5) is 13.7. The Hall–Kier alpha value is -1.98. The molecule has 0 saturated carbocycles. The topological polar surface area (TPSA) is 52.5 Å². The summed E-state index contributed by atoms with van der Waals surface area (Å²) < 4.78 is 0. The van der Waals surface area contributed by atoms with E-state index in [9.17, 15) is 5.11 Å². The highest BCUT2D eigenvalue weighted by Gasteiger charge is 2.27. The molecule has 1 aliphatic heterocycles. The summed E-state index contributed by atoms with van der Waals surface area (Å²) in [5.74, 6) is 1.05. The summed E-state index contributed by atoms with van der Waals surface area (Å²) in [6.07, 6.45) is 4.73. The molecule has 0 aliphatic carbocycles. The minimum Gasteiger partial charge on any atom is -0.396 e. The largest absolute Gasteiger partial charge is 0.396 e. The average molecular weight is 354 g/mol. The van der Waals surface area contributed by atoms with E-state index in [4.69, 9.17) is 0 Å². The molecule has 0 radical (unpaired) electrons. The van der Waals surface area contributed by atoms with Gasteiger partial charge in [0.1, 0.15) is 12.1 Å². The van der Waals surface area contributed by atoms with Crippen molar-refractivity contribution in [3.63, 3.8) is 0 Å². The van der Waals surface area contributed by atoms with Crippen LogP contribution < -0.4 is 4.90 Å². The molecule has 0 spiro atoms. The third-order valence-corrected chi connectivity index (χ3v) is 5.43. The number of nitrogens with zero attached hydrogens (tertiary/aromatic N) is 4. The molecule has 26 heavy (non-hydrogen) atoms. The van der Waals surface area contributed by atoms with Crippen molar-refractivity contribution < 1.29 is 5.11 Å². The van der Waals surface area contributed by atoms with Gasteiger partial charge in [0.05, 0.1) is 0 Å². The highest BCUT2D eigenvalue weighted by Crippen LogP contribution is 2.23. The Balaban J connectivity index is 1.60. The Kier molecular flexibility index (Phi) is 6.58. The number of aliphatic hydroxyl groups excluding tert-OH is 1. The molecule has 2 heterocycles. The van der Waals surface area contributed by atoms with E-state index in [1.165, 1.54) is 5.56 Å². The Labute approximate surface area is 156 Å². The van der Waals surface area contributed by atoms with Gasteiger partial charge in [-0.1, -0.05) is 30.3 Å². The number of piperazine rings is 1. The van der Waals surface area contributed by atoms with E-state index in [0.717, 1.165) is 62.5 Å². The van der Waals surface area contributed by atoms with E-state index in [1.54, 1.807) is 6.33 Å². The fraction of sp³-hybridized carbons (Fsp3) is 0.524. The van der Waals surface area contributed by atoms with E-state index in [1.807, 2.05) is 6.92 Å². The highest BCUT2D eigenvalue weighted by atomic mass is 16.3. The van der Waals surface area contributed by atoms with Crippen molar-refractivity contribution >= 4 is 5.82 Å². The summed E-state index contributed by atoms with van der Waals surface area (Å²) in [5.41, 5.74) is 3.60.